The fraction of sp³-hybridized carbons (Fsp3) is 0.600. The van der Waals surface area contributed by atoms with E-state index < -0.39 is 12.0 Å². The van der Waals surface area contributed by atoms with Gasteiger partial charge in [-0.15, -0.1) is 0 Å². The molecular formula is C15H22F3N5. The van der Waals surface area contributed by atoms with Crippen LogP contribution >= 0.6 is 0 Å². The van der Waals surface area contributed by atoms with Crippen molar-refractivity contribution in [1.29, 1.82) is 0 Å². The average molecular weight is 329 g/mol. The molecule has 8 heteroatoms. The lowest BCUT2D eigenvalue weighted by Crippen LogP contribution is -2.25. The summed E-state index contributed by atoms with van der Waals surface area (Å²) in [5.74, 6) is -0.899. The molecule has 23 heavy (non-hydrogen) atoms. The number of aromatic amines is 1. The summed E-state index contributed by atoms with van der Waals surface area (Å²) >= 11 is 0. The number of H-pyrrole nitrogens is 1. The van der Waals surface area contributed by atoms with Gasteiger partial charge in [-0.05, 0) is 39.0 Å². The maximum Gasteiger partial charge on any atom is 0.451 e. The van der Waals surface area contributed by atoms with Crippen molar-refractivity contribution >= 4 is 16.9 Å². The Labute approximate surface area is 133 Å². The predicted molar refractivity (Wildman–Crippen MR) is 84.5 cm³/mol. The summed E-state index contributed by atoms with van der Waals surface area (Å²) in [7, 11) is 0. The van der Waals surface area contributed by atoms with E-state index in [4.69, 9.17) is 0 Å². The molecular weight excluding hydrogens is 307 g/mol. The molecule has 2 heterocycles. The van der Waals surface area contributed by atoms with Gasteiger partial charge in [0.15, 0.2) is 0 Å². The predicted octanol–water partition coefficient (Wildman–Crippen LogP) is 3.43. The highest BCUT2D eigenvalue weighted by Crippen LogP contribution is 2.30. The van der Waals surface area contributed by atoms with Crippen LogP contribution in [-0.2, 0) is 6.18 Å². The first kappa shape index (κ1) is 17.5. The quantitative estimate of drug-likeness (QED) is 0.764. The number of nitrogens with one attached hydrogen (secondary N) is 2. The molecule has 0 fully saturated rings. The number of fused-ring (bicyclic) bond motifs is 1. The Kier molecular flexibility index (Phi) is 5.46. The molecule has 0 radical (unpaired) electrons. The van der Waals surface area contributed by atoms with Gasteiger partial charge in [0.05, 0.1) is 5.39 Å². The van der Waals surface area contributed by atoms with Crippen molar-refractivity contribution in [3.63, 3.8) is 0 Å². The Morgan fingerprint density at radius 2 is 1.91 bits per heavy atom. The second-order valence-corrected chi connectivity index (χ2v) is 5.42. The third-order valence-electron chi connectivity index (χ3n) is 3.71. The van der Waals surface area contributed by atoms with Crippen molar-refractivity contribution < 1.29 is 13.2 Å². The average Bonchev–Trinajstić information content (AvgIpc) is 2.86. The first-order chi connectivity index (χ1) is 10.8. The minimum absolute atomic E-state index is 0.205. The molecule has 2 rings (SSSR count). The number of hydrogen-bond acceptors (Lipinski definition) is 4. The van der Waals surface area contributed by atoms with Crippen molar-refractivity contribution in [3.8, 4) is 0 Å². The normalized spacial score (nSPS) is 12.3. The second-order valence-electron chi connectivity index (χ2n) is 5.42. The molecule has 0 amide bonds. The molecule has 0 aromatic carbocycles. The number of aromatic nitrogens is 3. The molecule has 2 aromatic heterocycles. The fourth-order valence-electron chi connectivity index (χ4n) is 2.45. The molecule has 0 aliphatic carbocycles. The summed E-state index contributed by atoms with van der Waals surface area (Å²) < 4.78 is 38.7. The van der Waals surface area contributed by atoms with Gasteiger partial charge in [-0.3, -0.25) is 0 Å². The van der Waals surface area contributed by atoms with E-state index in [1.54, 1.807) is 13.0 Å². The van der Waals surface area contributed by atoms with E-state index in [0.717, 1.165) is 31.7 Å². The molecule has 0 saturated heterocycles. The van der Waals surface area contributed by atoms with E-state index in [1.165, 1.54) is 0 Å². The summed E-state index contributed by atoms with van der Waals surface area (Å²) in [6, 6.07) is 1.75. The van der Waals surface area contributed by atoms with Crippen LogP contribution in [0.15, 0.2) is 6.07 Å². The molecule has 0 atom stereocenters. The molecule has 0 saturated carbocycles. The Balaban J connectivity index is 2.15. The van der Waals surface area contributed by atoms with Crippen LogP contribution in [0.5, 0.6) is 0 Å². The van der Waals surface area contributed by atoms with Crippen LogP contribution in [0, 0.1) is 6.92 Å². The van der Waals surface area contributed by atoms with E-state index in [-0.39, 0.29) is 11.5 Å². The highest BCUT2D eigenvalue weighted by atomic mass is 19.4. The lowest BCUT2D eigenvalue weighted by Gasteiger charge is -2.18. The Bertz CT molecular complexity index is 646. The molecule has 5 nitrogen and oxygen atoms in total. The minimum Gasteiger partial charge on any atom is -0.369 e. The summed E-state index contributed by atoms with van der Waals surface area (Å²) in [5.41, 5.74) is 0.955. The van der Waals surface area contributed by atoms with Crippen molar-refractivity contribution in [2.24, 2.45) is 0 Å². The second kappa shape index (κ2) is 7.16. The van der Waals surface area contributed by atoms with Gasteiger partial charge in [-0.1, -0.05) is 13.8 Å². The van der Waals surface area contributed by atoms with E-state index in [2.05, 4.69) is 39.0 Å². The van der Waals surface area contributed by atoms with Crippen molar-refractivity contribution in [2.75, 3.05) is 31.5 Å². The Morgan fingerprint density at radius 1 is 1.22 bits per heavy atom. The third-order valence-corrected chi connectivity index (χ3v) is 3.71. The summed E-state index contributed by atoms with van der Waals surface area (Å²) in [4.78, 5) is 12.3. The lowest BCUT2D eigenvalue weighted by molar-refractivity contribution is -0.144. The molecule has 0 bridgehead atoms. The zero-order valence-electron chi connectivity index (χ0n) is 13.6. The van der Waals surface area contributed by atoms with E-state index >= 15 is 0 Å². The maximum absolute atomic E-state index is 12.9. The van der Waals surface area contributed by atoms with Crippen LogP contribution in [0.4, 0.5) is 19.0 Å². The van der Waals surface area contributed by atoms with Gasteiger partial charge in [-0.2, -0.15) is 13.2 Å². The van der Waals surface area contributed by atoms with Crippen LogP contribution in [0.3, 0.4) is 0 Å². The van der Waals surface area contributed by atoms with Crippen LogP contribution in [0.1, 0.15) is 31.8 Å². The summed E-state index contributed by atoms with van der Waals surface area (Å²) in [5, 5.41) is 3.60. The molecule has 0 aliphatic heterocycles. The van der Waals surface area contributed by atoms with Gasteiger partial charge in [0.2, 0.25) is 5.82 Å². The number of halogens is 3. The lowest BCUT2D eigenvalue weighted by atomic mass is 10.3. The minimum atomic E-state index is -4.56. The van der Waals surface area contributed by atoms with Crippen molar-refractivity contribution in [2.45, 2.75) is 33.4 Å². The highest BCUT2D eigenvalue weighted by molar-refractivity contribution is 5.87. The number of hydrogen-bond donors (Lipinski definition) is 2. The Morgan fingerprint density at radius 3 is 2.52 bits per heavy atom. The molecule has 0 unspecified atom stereocenters. The fourth-order valence-corrected chi connectivity index (χ4v) is 2.45. The van der Waals surface area contributed by atoms with Gasteiger partial charge in [0, 0.05) is 12.2 Å². The molecule has 2 aromatic rings. The molecule has 0 aliphatic rings. The number of aryl methyl sites for hydroxylation is 1. The van der Waals surface area contributed by atoms with E-state index in [0.29, 0.717) is 11.9 Å². The highest BCUT2D eigenvalue weighted by Gasteiger charge is 2.35. The number of nitrogens with zero attached hydrogens (tertiary/aromatic N) is 3. The van der Waals surface area contributed by atoms with Crippen LogP contribution < -0.4 is 5.32 Å². The third kappa shape index (κ3) is 4.34. The monoisotopic (exact) mass is 329 g/mol. The Hall–Kier alpha value is -1.83. The van der Waals surface area contributed by atoms with Gasteiger partial charge in [-0.25, -0.2) is 9.97 Å². The topological polar surface area (TPSA) is 56.8 Å². The maximum atomic E-state index is 12.9. The smallest absolute Gasteiger partial charge is 0.369 e. The van der Waals surface area contributed by atoms with Gasteiger partial charge in [0.25, 0.3) is 0 Å². The zero-order valence-corrected chi connectivity index (χ0v) is 13.6. The van der Waals surface area contributed by atoms with Crippen LogP contribution in [0.25, 0.3) is 11.0 Å². The van der Waals surface area contributed by atoms with Crippen LogP contribution in [0.2, 0.25) is 0 Å². The molecule has 0 spiro atoms. The first-order valence-electron chi connectivity index (χ1n) is 7.76. The summed E-state index contributed by atoms with van der Waals surface area (Å²) in [6.07, 6.45) is -3.73. The van der Waals surface area contributed by atoms with Crippen LogP contribution in [-0.4, -0.2) is 46.0 Å². The summed E-state index contributed by atoms with van der Waals surface area (Å²) in [6.45, 7) is 9.33. The van der Waals surface area contributed by atoms with Gasteiger partial charge in [0.1, 0.15) is 11.5 Å². The first-order valence-corrected chi connectivity index (χ1v) is 7.76. The van der Waals surface area contributed by atoms with E-state index in [1.807, 2.05) is 0 Å². The van der Waals surface area contributed by atoms with Crippen molar-refractivity contribution in [3.05, 3.63) is 17.6 Å². The van der Waals surface area contributed by atoms with Crippen molar-refractivity contribution in [1.82, 2.24) is 19.9 Å². The number of alkyl halides is 3. The SMILES string of the molecule is CCN(CC)CCCNc1nc(C(F)(F)F)nc2[nH]c(C)cc12. The largest absolute Gasteiger partial charge is 0.451 e. The molecule has 2 N–H and O–H groups in total. The standard InChI is InChI=1S/C15H22F3N5/c1-4-23(5-2)8-6-7-19-12-11-9-10(3)20-13(11)22-14(21-12)15(16,17)18/h9H,4-8H2,1-3H3,(H2,19,20,21,22). The zero-order chi connectivity index (χ0) is 17.0. The number of rotatable bonds is 7. The van der Waals surface area contributed by atoms with Gasteiger partial charge >= 0.3 is 6.18 Å². The molecule has 128 valence electrons. The number of anilines is 1. The van der Waals surface area contributed by atoms with Gasteiger partial charge < -0.3 is 15.2 Å². The van der Waals surface area contributed by atoms with E-state index in [9.17, 15) is 13.2 Å².